The van der Waals surface area contributed by atoms with Crippen molar-refractivity contribution >= 4 is 12.0 Å². The highest BCUT2D eigenvalue weighted by molar-refractivity contribution is 5.94. The maximum Gasteiger partial charge on any atom is 0.410 e. The minimum atomic E-state index is -0.624. The normalized spacial score (nSPS) is 15.1. The standard InChI is InChI=1S/C27H36N6O4/c1-17-28-24(37-31-17)21(26(2,3)4)30-23(34)20-19-16-32(25(35)36-27(5,6)7)14-11-15-33(19)22(29-20)18-12-9-8-10-13-18/h8-10,12-13,21H,11,14-16H2,1-7H3,(H,30,34)/t21-/m1/s1. The van der Waals surface area contributed by atoms with Crippen molar-refractivity contribution in [1.82, 2.24) is 29.9 Å². The zero-order chi connectivity index (χ0) is 27.0. The summed E-state index contributed by atoms with van der Waals surface area (Å²) < 4.78 is 13.1. The van der Waals surface area contributed by atoms with E-state index in [1.54, 1.807) is 11.8 Å². The molecule has 3 heterocycles. The Hall–Kier alpha value is -3.69. The van der Waals surface area contributed by atoms with Gasteiger partial charge in [0.2, 0.25) is 5.89 Å². The highest BCUT2D eigenvalue weighted by atomic mass is 16.6. The van der Waals surface area contributed by atoms with Gasteiger partial charge in [0.05, 0.1) is 12.2 Å². The molecule has 1 aliphatic heterocycles. The second-order valence-corrected chi connectivity index (χ2v) is 11.5. The molecule has 2 amide bonds. The molecule has 0 spiro atoms. The van der Waals surface area contributed by atoms with Crippen molar-refractivity contribution in [2.24, 2.45) is 5.41 Å². The number of ether oxygens (including phenoxy) is 1. The molecule has 0 bridgehead atoms. The first-order chi connectivity index (χ1) is 17.3. The van der Waals surface area contributed by atoms with Crippen molar-refractivity contribution in [1.29, 1.82) is 0 Å². The van der Waals surface area contributed by atoms with Gasteiger partial charge >= 0.3 is 6.09 Å². The predicted molar refractivity (Wildman–Crippen MR) is 138 cm³/mol. The maximum absolute atomic E-state index is 13.8. The van der Waals surface area contributed by atoms with Crippen LogP contribution in [0.3, 0.4) is 0 Å². The zero-order valence-electron chi connectivity index (χ0n) is 22.7. The van der Waals surface area contributed by atoms with E-state index >= 15 is 0 Å². The van der Waals surface area contributed by atoms with Crippen LogP contribution in [0.25, 0.3) is 11.4 Å². The summed E-state index contributed by atoms with van der Waals surface area (Å²) >= 11 is 0. The molecule has 1 atom stereocenters. The second kappa shape index (κ2) is 9.99. The number of aryl methyl sites for hydroxylation is 1. The van der Waals surface area contributed by atoms with E-state index in [9.17, 15) is 9.59 Å². The summed E-state index contributed by atoms with van der Waals surface area (Å²) in [5.74, 6) is 1.15. The van der Waals surface area contributed by atoms with Crippen LogP contribution in [0.1, 0.15) is 81.9 Å². The number of hydrogen-bond acceptors (Lipinski definition) is 7. The first kappa shape index (κ1) is 26.4. The number of aromatic nitrogens is 4. The average Bonchev–Trinajstić information content (AvgIpc) is 3.31. The molecule has 4 rings (SSSR count). The number of nitrogens with one attached hydrogen (secondary N) is 1. The van der Waals surface area contributed by atoms with Crippen molar-refractivity contribution in [3.8, 4) is 11.4 Å². The van der Waals surface area contributed by atoms with Crippen LogP contribution in [0.5, 0.6) is 0 Å². The number of fused-ring (bicyclic) bond motifs is 1. The Morgan fingerprint density at radius 2 is 1.76 bits per heavy atom. The highest BCUT2D eigenvalue weighted by Gasteiger charge is 2.36. The van der Waals surface area contributed by atoms with Gasteiger partial charge in [-0.15, -0.1) is 0 Å². The molecule has 1 N–H and O–H groups in total. The third-order valence-corrected chi connectivity index (χ3v) is 6.05. The van der Waals surface area contributed by atoms with Gasteiger partial charge < -0.3 is 24.0 Å². The monoisotopic (exact) mass is 508 g/mol. The van der Waals surface area contributed by atoms with Gasteiger partial charge in [-0.2, -0.15) is 4.98 Å². The van der Waals surface area contributed by atoms with Crippen LogP contribution in [-0.2, 0) is 17.8 Å². The van der Waals surface area contributed by atoms with E-state index in [-0.39, 0.29) is 18.1 Å². The molecule has 0 radical (unpaired) electrons. The lowest BCUT2D eigenvalue weighted by atomic mass is 9.86. The van der Waals surface area contributed by atoms with Crippen LogP contribution in [0.15, 0.2) is 34.9 Å². The number of amides is 2. The maximum atomic E-state index is 13.8. The minimum absolute atomic E-state index is 0.206. The Balaban J connectivity index is 1.74. The fourth-order valence-electron chi connectivity index (χ4n) is 4.32. The molecule has 3 aromatic rings. The van der Waals surface area contributed by atoms with E-state index in [0.29, 0.717) is 42.7 Å². The quantitative estimate of drug-likeness (QED) is 0.533. The van der Waals surface area contributed by atoms with Crippen LogP contribution < -0.4 is 5.32 Å². The summed E-state index contributed by atoms with van der Waals surface area (Å²) in [6.07, 6.45) is 0.290. The highest BCUT2D eigenvalue weighted by Crippen LogP contribution is 2.33. The molecule has 37 heavy (non-hydrogen) atoms. The van der Waals surface area contributed by atoms with E-state index in [0.717, 1.165) is 5.56 Å². The number of benzene rings is 1. The molecular weight excluding hydrogens is 472 g/mol. The Labute approximate surface area is 217 Å². The topological polar surface area (TPSA) is 115 Å². The molecule has 0 aliphatic carbocycles. The van der Waals surface area contributed by atoms with Crippen LogP contribution in [0.2, 0.25) is 0 Å². The number of nitrogens with zero attached hydrogens (tertiary/aromatic N) is 5. The van der Waals surface area contributed by atoms with Crippen LogP contribution >= 0.6 is 0 Å². The fourth-order valence-corrected chi connectivity index (χ4v) is 4.32. The van der Waals surface area contributed by atoms with E-state index in [2.05, 4.69) is 15.5 Å². The van der Waals surface area contributed by atoms with Crippen molar-refractivity contribution < 1.29 is 18.8 Å². The molecular formula is C27H36N6O4. The van der Waals surface area contributed by atoms with E-state index in [1.807, 2.05) is 76.4 Å². The first-order valence-electron chi connectivity index (χ1n) is 12.6. The Morgan fingerprint density at radius 3 is 2.35 bits per heavy atom. The molecule has 1 aromatic carbocycles. The van der Waals surface area contributed by atoms with Gasteiger partial charge in [0, 0.05) is 18.7 Å². The molecule has 10 nitrogen and oxygen atoms in total. The largest absolute Gasteiger partial charge is 0.444 e. The molecule has 198 valence electrons. The van der Waals surface area contributed by atoms with Gasteiger partial charge in [0.1, 0.15) is 17.5 Å². The van der Waals surface area contributed by atoms with Gasteiger partial charge in [-0.1, -0.05) is 56.3 Å². The van der Waals surface area contributed by atoms with Crippen molar-refractivity contribution in [2.75, 3.05) is 6.54 Å². The summed E-state index contributed by atoms with van der Waals surface area (Å²) in [6.45, 7) is 14.6. The first-order valence-corrected chi connectivity index (χ1v) is 12.6. The summed E-state index contributed by atoms with van der Waals surface area (Å²) in [7, 11) is 0. The smallest absolute Gasteiger partial charge is 0.410 e. The van der Waals surface area contributed by atoms with Gasteiger partial charge in [0.15, 0.2) is 11.5 Å². The van der Waals surface area contributed by atoms with Crippen molar-refractivity contribution in [3.63, 3.8) is 0 Å². The molecule has 0 fully saturated rings. The minimum Gasteiger partial charge on any atom is -0.444 e. The zero-order valence-corrected chi connectivity index (χ0v) is 22.7. The van der Waals surface area contributed by atoms with E-state index < -0.39 is 23.2 Å². The van der Waals surface area contributed by atoms with Crippen molar-refractivity contribution in [2.45, 2.75) is 79.6 Å². The number of carbonyl (C=O) groups is 2. The molecule has 10 heteroatoms. The van der Waals surface area contributed by atoms with Gasteiger partial charge in [0.25, 0.3) is 5.91 Å². The average molecular weight is 509 g/mol. The molecule has 2 aromatic heterocycles. The van der Waals surface area contributed by atoms with Crippen LogP contribution in [-0.4, -0.2) is 48.7 Å². The third kappa shape index (κ3) is 6.00. The summed E-state index contributed by atoms with van der Waals surface area (Å²) in [4.78, 5) is 37.6. The number of carbonyl (C=O) groups excluding carboxylic acids is 2. The number of imidazole rings is 1. The Morgan fingerprint density at radius 1 is 1.05 bits per heavy atom. The van der Waals surface area contributed by atoms with Gasteiger partial charge in [-0.25, -0.2) is 9.78 Å². The van der Waals surface area contributed by atoms with Gasteiger partial charge in [-0.05, 0) is 39.5 Å². The lowest BCUT2D eigenvalue weighted by molar-refractivity contribution is 0.0235. The van der Waals surface area contributed by atoms with Crippen LogP contribution in [0.4, 0.5) is 4.79 Å². The lowest BCUT2D eigenvalue weighted by Gasteiger charge is -2.28. The van der Waals surface area contributed by atoms with Crippen molar-refractivity contribution in [3.05, 3.63) is 53.4 Å². The Kier molecular flexibility index (Phi) is 7.12. The summed E-state index contributed by atoms with van der Waals surface area (Å²) in [6, 6.07) is 9.21. The molecule has 0 saturated carbocycles. The molecule has 0 unspecified atom stereocenters. The predicted octanol–water partition coefficient (Wildman–Crippen LogP) is 4.90. The fraction of sp³-hybridized carbons (Fsp3) is 0.519. The number of hydrogen-bond donors (Lipinski definition) is 1. The summed E-state index contributed by atoms with van der Waals surface area (Å²) in [5, 5.41) is 6.98. The lowest BCUT2D eigenvalue weighted by Crippen LogP contribution is -2.39. The van der Waals surface area contributed by atoms with Crippen LogP contribution in [0, 0.1) is 12.3 Å². The van der Waals surface area contributed by atoms with E-state index in [4.69, 9.17) is 14.2 Å². The summed E-state index contributed by atoms with van der Waals surface area (Å²) in [5.41, 5.74) is 0.791. The molecule has 0 saturated heterocycles. The third-order valence-electron chi connectivity index (χ3n) is 6.05. The number of rotatable bonds is 4. The Bertz CT molecular complexity index is 1270. The van der Waals surface area contributed by atoms with E-state index in [1.165, 1.54) is 0 Å². The molecule has 1 aliphatic rings. The van der Waals surface area contributed by atoms with Gasteiger partial charge in [-0.3, -0.25) is 4.79 Å². The SMILES string of the molecule is Cc1noc([C@@H](NC(=O)c2nc(-c3ccccc3)n3c2CN(C(=O)OC(C)(C)C)CCC3)C(C)(C)C)n1. The second-order valence-electron chi connectivity index (χ2n) is 11.5.